The molecule has 0 atom stereocenters. The Labute approximate surface area is 187 Å². The molecule has 3 rings (SSSR count). The van der Waals surface area contributed by atoms with E-state index < -0.39 is 36.5 Å². The molecule has 0 heterocycles. The highest BCUT2D eigenvalue weighted by Gasteiger charge is 2.75. The summed E-state index contributed by atoms with van der Waals surface area (Å²) in [6.45, 7) is -2.26. The average Bonchev–Trinajstić information content (AvgIpc) is 2.81. The van der Waals surface area contributed by atoms with Crippen LogP contribution >= 0.6 is 0 Å². The van der Waals surface area contributed by atoms with Crippen LogP contribution in [0.1, 0.15) is 5.56 Å². The van der Waals surface area contributed by atoms with Crippen molar-refractivity contribution in [1.82, 2.24) is 0 Å². The Morgan fingerprint density at radius 2 is 1.35 bits per heavy atom. The zero-order chi connectivity index (χ0) is 25.1. The highest BCUT2D eigenvalue weighted by Crippen LogP contribution is 2.48. The SMILES string of the molecule is N#Cc1ccc2cc(N=Nc3ccc(OCC(F)(F)C(F)(F)C(F)(F)C(F)F)cc3)ccc2c1. The quantitative estimate of drug-likeness (QED) is 0.242. The van der Waals surface area contributed by atoms with Gasteiger partial charge >= 0.3 is 24.2 Å². The molecule has 3 aromatic carbocycles. The summed E-state index contributed by atoms with van der Waals surface area (Å²) in [5, 5.41) is 18.5. The molecule has 0 N–H and O–H groups in total. The molecule has 0 aromatic heterocycles. The molecule has 0 saturated heterocycles. The lowest BCUT2D eigenvalue weighted by molar-refractivity contribution is -0.342. The van der Waals surface area contributed by atoms with Crippen molar-refractivity contribution < 1.29 is 39.9 Å². The van der Waals surface area contributed by atoms with Crippen LogP contribution in [0, 0.1) is 11.3 Å². The van der Waals surface area contributed by atoms with E-state index in [2.05, 4.69) is 15.0 Å². The number of halogens is 8. The van der Waals surface area contributed by atoms with Gasteiger partial charge in [-0.05, 0) is 59.3 Å². The molecule has 0 unspecified atom stereocenters. The van der Waals surface area contributed by atoms with E-state index in [9.17, 15) is 35.1 Å². The topological polar surface area (TPSA) is 57.7 Å². The number of hydrogen-bond acceptors (Lipinski definition) is 4. The molecule has 4 nitrogen and oxygen atoms in total. The molecule has 0 radical (unpaired) electrons. The van der Waals surface area contributed by atoms with Crippen molar-refractivity contribution in [3.05, 3.63) is 66.2 Å². The highest BCUT2D eigenvalue weighted by molar-refractivity contribution is 5.86. The summed E-state index contributed by atoms with van der Waals surface area (Å²) in [6.07, 6.45) is -4.99. The van der Waals surface area contributed by atoms with Gasteiger partial charge in [0, 0.05) is 0 Å². The van der Waals surface area contributed by atoms with E-state index in [1.165, 1.54) is 12.1 Å². The monoisotopic (exact) mass is 487 g/mol. The predicted octanol–water partition coefficient (Wildman–Crippen LogP) is 7.68. The number of ether oxygens (including phenoxy) is 1. The van der Waals surface area contributed by atoms with Crippen LogP contribution in [0.4, 0.5) is 46.5 Å². The van der Waals surface area contributed by atoms with Gasteiger partial charge in [0.1, 0.15) is 5.75 Å². The fraction of sp³-hybridized carbons (Fsp3) is 0.227. The predicted molar refractivity (Wildman–Crippen MR) is 106 cm³/mol. The molecular formula is C22H13F8N3O. The number of hydrogen-bond donors (Lipinski definition) is 0. The second-order valence-electron chi connectivity index (χ2n) is 7.04. The third-order valence-electron chi connectivity index (χ3n) is 4.64. The standard InChI is InChI=1S/C22H13F8N3O/c23-19(24)21(27,28)22(29,30)20(25,26)12-34-18-7-5-16(6-8-18)32-33-17-4-3-14-9-13(11-31)1-2-15(14)10-17/h1-10,19H,12H2. The Kier molecular flexibility index (Phi) is 6.77. The summed E-state index contributed by atoms with van der Waals surface area (Å²) in [5.41, 5.74) is 1.17. The van der Waals surface area contributed by atoms with Gasteiger partial charge < -0.3 is 4.74 Å². The number of rotatable bonds is 8. The van der Waals surface area contributed by atoms with Gasteiger partial charge in [0.2, 0.25) is 0 Å². The fourth-order valence-electron chi connectivity index (χ4n) is 2.73. The normalized spacial score (nSPS) is 12.9. The summed E-state index contributed by atoms with van der Waals surface area (Å²) in [5.74, 6) is -18.6. The van der Waals surface area contributed by atoms with Gasteiger partial charge in [0.25, 0.3) is 0 Å². The van der Waals surface area contributed by atoms with Gasteiger partial charge in [-0.1, -0.05) is 12.1 Å². The van der Waals surface area contributed by atoms with E-state index >= 15 is 0 Å². The highest BCUT2D eigenvalue weighted by atomic mass is 19.4. The van der Waals surface area contributed by atoms with Gasteiger partial charge in [0.15, 0.2) is 6.61 Å². The maximum Gasteiger partial charge on any atom is 0.381 e. The van der Waals surface area contributed by atoms with Crippen LogP contribution in [0.15, 0.2) is 70.9 Å². The summed E-state index contributed by atoms with van der Waals surface area (Å²) >= 11 is 0. The van der Waals surface area contributed by atoms with Crippen molar-refractivity contribution in [3.8, 4) is 11.8 Å². The molecule has 34 heavy (non-hydrogen) atoms. The molecule has 12 heteroatoms. The Morgan fingerprint density at radius 3 is 1.97 bits per heavy atom. The molecule has 0 aliphatic carbocycles. The Morgan fingerprint density at radius 1 is 0.794 bits per heavy atom. The first-order chi connectivity index (χ1) is 15.9. The first kappa shape index (κ1) is 24.9. The largest absolute Gasteiger partial charge is 0.487 e. The van der Waals surface area contributed by atoms with Gasteiger partial charge in [-0.2, -0.15) is 41.8 Å². The molecule has 0 spiro atoms. The third-order valence-corrected chi connectivity index (χ3v) is 4.64. The summed E-state index contributed by atoms with van der Waals surface area (Å²) in [6, 6.07) is 16.7. The molecule has 0 amide bonds. The third kappa shape index (κ3) is 4.93. The molecule has 0 fully saturated rings. The van der Waals surface area contributed by atoms with Gasteiger partial charge in [-0.3, -0.25) is 0 Å². The molecule has 0 aliphatic rings. The minimum atomic E-state index is -6.33. The minimum Gasteiger partial charge on any atom is -0.487 e. The van der Waals surface area contributed by atoms with Crippen molar-refractivity contribution in [3.63, 3.8) is 0 Å². The Hall–Kier alpha value is -3.75. The zero-order valence-electron chi connectivity index (χ0n) is 16.8. The molecule has 0 aliphatic heterocycles. The van der Waals surface area contributed by atoms with Crippen molar-refractivity contribution in [1.29, 1.82) is 5.26 Å². The smallest absolute Gasteiger partial charge is 0.381 e. The molecular weight excluding hydrogens is 474 g/mol. The maximum atomic E-state index is 13.5. The van der Waals surface area contributed by atoms with Crippen molar-refractivity contribution in [2.24, 2.45) is 10.2 Å². The summed E-state index contributed by atoms with van der Waals surface area (Å²) in [4.78, 5) is 0. The summed E-state index contributed by atoms with van der Waals surface area (Å²) in [7, 11) is 0. The first-order valence-electron chi connectivity index (χ1n) is 9.37. The van der Waals surface area contributed by atoms with Crippen LogP contribution in [0.2, 0.25) is 0 Å². The second kappa shape index (κ2) is 9.24. The number of alkyl halides is 8. The van der Waals surface area contributed by atoms with E-state index in [4.69, 9.17) is 5.26 Å². The van der Waals surface area contributed by atoms with E-state index in [1.54, 1.807) is 36.4 Å². The van der Waals surface area contributed by atoms with E-state index in [1.807, 2.05) is 6.07 Å². The fourth-order valence-corrected chi connectivity index (χ4v) is 2.73. The zero-order valence-corrected chi connectivity index (χ0v) is 16.8. The van der Waals surface area contributed by atoms with Crippen LogP contribution in [-0.2, 0) is 0 Å². The number of fused-ring (bicyclic) bond motifs is 1. The van der Waals surface area contributed by atoms with E-state index in [-0.39, 0.29) is 5.69 Å². The lowest BCUT2D eigenvalue weighted by atomic mass is 10.1. The number of nitrogens with zero attached hydrogens (tertiary/aromatic N) is 3. The average molecular weight is 487 g/mol. The van der Waals surface area contributed by atoms with Crippen LogP contribution in [-0.4, -0.2) is 30.8 Å². The van der Waals surface area contributed by atoms with Gasteiger partial charge in [0.05, 0.1) is 23.0 Å². The van der Waals surface area contributed by atoms with Crippen LogP contribution in [0.5, 0.6) is 5.75 Å². The van der Waals surface area contributed by atoms with Crippen molar-refractivity contribution in [2.45, 2.75) is 24.2 Å². The molecule has 0 saturated carbocycles. The number of benzene rings is 3. The van der Waals surface area contributed by atoms with Crippen molar-refractivity contribution in [2.75, 3.05) is 6.61 Å². The first-order valence-corrected chi connectivity index (χ1v) is 9.37. The number of azo groups is 1. The Balaban J connectivity index is 1.67. The van der Waals surface area contributed by atoms with Crippen LogP contribution < -0.4 is 4.74 Å². The van der Waals surface area contributed by atoms with Crippen LogP contribution in [0.3, 0.4) is 0 Å². The van der Waals surface area contributed by atoms with Crippen molar-refractivity contribution >= 4 is 22.1 Å². The molecule has 178 valence electrons. The second-order valence-corrected chi connectivity index (χ2v) is 7.04. The molecule has 0 bridgehead atoms. The van der Waals surface area contributed by atoms with Crippen LogP contribution in [0.25, 0.3) is 10.8 Å². The number of nitriles is 1. The van der Waals surface area contributed by atoms with Gasteiger partial charge in [-0.25, -0.2) is 8.78 Å². The molecule has 3 aromatic rings. The van der Waals surface area contributed by atoms with E-state index in [0.717, 1.165) is 22.9 Å². The maximum absolute atomic E-state index is 13.5. The Bertz CT molecular complexity index is 1240. The minimum absolute atomic E-state index is 0.216. The lowest BCUT2D eigenvalue weighted by Crippen LogP contribution is -2.59. The summed E-state index contributed by atoms with van der Waals surface area (Å²) < 4.78 is 108. The van der Waals surface area contributed by atoms with E-state index in [0.29, 0.717) is 11.3 Å². The lowest BCUT2D eigenvalue weighted by Gasteiger charge is -2.31. The van der Waals surface area contributed by atoms with Gasteiger partial charge in [-0.15, -0.1) is 0 Å².